The van der Waals surface area contributed by atoms with Gasteiger partial charge < -0.3 is 10.1 Å². The molecular weight excluding hydrogens is 240 g/mol. The normalized spacial score (nSPS) is 21.7. The van der Waals surface area contributed by atoms with Crippen LogP contribution in [0, 0.1) is 5.82 Å². The van der Waals surface area contributed by atoms with E-state index in [2.05, 4.69) is 5.32 Å². The van der Waals surface area contributed by atoms with Gasteiger partial charge in [-0.1, -0.05) is 23.2 Å². The summed E-state index contributed by atoms with van der Waals surface area (Å²) >= 11 is 11.4. The Morgan fingerprint density at radius 3 is 2.53 bits per heavy atom. The zero-order valence-electron chi connectivity index (χ0n) is 7.90. The van der Waals surface area contributed by atoms with E-state index >= 15 is 0 Å². The van der Waals surface area contributed by atoms with Crippen molar-refractivity contribution in [3.05, 3.63) is 33.6 Å². The van der Waals surface area contributed by atoms with Gasteiger partial charge in [0.1, 0.15) is 0 Å². The summed E-state index contributed by atoms with van der Waals surface area (Å²) in [5.41, 5.74) is 0.804. The summed E-state index contributed by atoms with van der Waals surface area (Å²) < 4.78 is 18.7. The quantitative estimate of drug-likeness (QED) is 0.774. The molecule has 15 heavy (non-hydrogen) atoms. The number of hydrogen-bond acceptors (Lipinski definition) is 2. The second-order valence-corrected chi connectivity index (χ2v) is 4.18. The molecule has 0 aliphatic carbocycles. The molecule has 1 fully saturated rings. The molecular formula is C10H10Cl2FNO. The van der Waals surface area contributed by atoms with Crippen molar-refractivity contribution in [3.63, 3.8) is 0 Å². The van der Waals surface area contributed by atoms with E-state index in [0.29, 0.717) is 13.2 Å². The lowest BCUT2D eigenvalue weighted by Crippen LogP contribution is -2.33. The van der Waals surface area contributed by atoms with E-state index in [1.165, 1.54) is 0 Å². The molecule has 2 nitrogen and oxygen atoms in total. The fraction of sp³-hybridized carbons (Fsp3) is 0.400. The van der Waals surface area contributed by atoms with Crippen LogP contribution in [-0.2, 0) is 4.74 Å². The first kappa shape index (κ1) is 11.1. The van der Waals surface area contributed by atoms with Gasteiger partial charge in [-0.25, -0.2) is 4.39 Å². The molecule has 1 unspecified atom stereocenters. The maximum absolute atomic E-state index is 13.2. The number of halogens is 3. The van der Waals surface area contributed by atoms with Gasteiger partial charge in [0.15, 0.2) is 5.82 Å². The molecule has 82 valence electrons. The van der Waals surface area contributed by atoms with Gasteiger partial charge >= 0.3 is 0 Å². The maximum atomic E-state index is 13.2. The van der Waals surface area contributed by atoms with Crippen molar-refractivity contribution in [2.24, 2.45) is 0 Å². The van der Waals surface area contributed by atoms with Crippen molar-refractivity contribution in [1.29, 1.82) is 0 Å². The summed E-state index contributed by atoms with van der Waals surface area (Å²) in [7, 11) is 0. The van der Waals surface area contributed by atoms with Crippen LogP contribution < -0.4 is 5.32 Å². The summed E-state index contributed by atoms with van der Waals surface area (Å²) in [4.78, 5) is 0. The molecule has 1 aromatic rings. The lowest BCUT2D eigenvalue weighted by atomic mass is 10.1. The summed E-state index contributed by atoms with van der Waals surface area (Å²) in [5, 5.41) is 3.25. The first-order valence-electron chi connectivity index (χ1n) is 4.65. The van der Waals surface area contributed by atoms with Crippen molar-refractivity contribution < 1.29 is 9.13 Å². The van der Waals surface area contributed by atoms with Crippen LogP contribution in [0.5, 0.6) is 0 Å². The van der Waals surface area contributed by atoms with E-state index in [1.807, 2.05) is 0 Å². The average Bonchev–Trinajstić information content (AvgIpc) is 2.26. The smallest absolute Gasteiger partial charge is 0.160 e. The van der Waals surface area contributed by atoms with Crippen molar-refractivity contribution in [1.82, 2.24) is 5.32 Å². The number of nitrogens with one attached hydrogen (secondary N) is 1. The molecule has 2 rings (SSSR count). The minimum Gasteiger partial charge on any atom is -0.371 e. The number of morpholine rings is 1. The van der Waals surface area contributed by atoms with Crippen molar-refractivity contribution >= 4 is 23.2 Å². The topological polar surface area (TPSA) is 21.3 Å². The molecule has 0 aromatic heterocycles. The Morgan fingerprint density at radius 1 is 1.33 bits per heavy atom. The van der Waals surface area contributed by atoms with Gasteiger partial charge in [-0.05, 0) is 17.7 Å². The van der Waals surface area contributed by atoms with Gasteiger partial charge in [0, 0.05) is 13.1 Å². The first-order valence-corrected chi connectivity index (χ1v) is 5.41. The van der Waals surface area contributed by atoms with Crippen LogP contribution in [0.15, 0.2) is 12.1 Å². The Bertz CT molecular complexity index is 343. The Morgan fingerprint density at radius 2 is 2.00 bits per heavy atom. The minimum atomic E-state index is -0.578. The van der Waals surface area contributed by atoms with Gasteiger partial charge in [0.2, 0.25) is 0 Å². The Kier molecular flexibility index (Phi) is 3.46. The van der Waals surface area contributed by atoms with Crippen molar-refractivity contribution in [3.8, 4) is 0 Å². The van der Waals surface area contributed by atoms with E-state index in [1.54, 1.807) is 12.1 Å². The fourth-order valence-electron chi connectivity index (χ4n) is 1.54. The SMILES string of the molecule is Fc1c(Cl)cc(C2CNCCO2)cc1Cl. The number of benzene rings is 1. The molecule has 1 aromatic carbocycles. The maximum Gasteiger partial charge on any atom is 0.160 e. The second-order valence-electron chi connectivity index (χ2n) is 3.36. The number of ether oxygens (including phenoxy) is 1. The average molecular weight is 250 g/mol. The molecule has 0 bridgehead atoms. The van der Waals surface area contributed by atoms with E-state index in [0.717, 1.165) is 12.1 Å². The van der Waals surface area contributed by atoms with Crippen LogP contribution >= 0.6 is 23.2 Å². The molecule has 0 radical (unpaired) electrons. The van der Waals surface area contributed by atoms with Gasteiger partial charge in [-0.3, -0.25) is 0 Å². The molecule has 0 spiro atoms. The van der Waals surface area contributed by atoms with Gasteiger partial charge in [-0.15, -0.1) is 0 Å². The fourth-order valence-corrected chi connectivity index (χ4v) is 2.04. The Balaban J connectivity index is 2.27. The molecule has 1 heterocycles. The van der Waals surface area contributed by atoms with Crippen molar-refractivity contribution in [2.75, 3.05) is 19.7 Å². The predicted octanol–water partition coefficient (Wildman–Crippen LogP) is 2.79. The largest absolute Gasteiger partial charge is 0.371 e. The number of rotatable bonds is 1. The van der Waals surface area contributed by atoms with Crippen LogP contribution in [-0.4, -0.2) is 19.7 Å². The molecule has 1 aliphatic heterocycles. The highest BCUT2D eigenvalue weighted by molar-refractivity contribution is 6.35. The molecule has 1 N–H and O–H groups in total. The van der Waals surface area contributed by atoms with Crippen LogP contribution in [0.4, 0.5) is 4.39 Å². The molecule has 1 saturated heterocycles. The molecule has 0 saturated carbocycles. The summed E-state index contributed by atoms with van der Waals surface area (Å²) in [6, 6.07) is 3.11. The van der Waals surface area contributed by atoms with Crippen molar-refractivity contribution in [2.45, 2.75) is 6.10 Å². The minimum absolute atomic E-state index is 0.0340. The Labute approximate surface area is 97.3 Å². The lowest BCUT2D eigenvalue weighted by Gasteiger charge is -2.24. The highest BCUT2D eigenvalue weighted by atomic mass is 35.5. The lowest BCUT2D eigenvalue weighted by molar-refractivity contribution is 0.0277. The Hall–Kier alpha value is -0.350. The van der Waals surface area contributed by atoms with Crippen LogP contribution in [0.2, 0.25) is 10.0 Å². The second kappa shape index (κ2) is 4.66. The zero-order chi connectivity index (χ0) is 10.8. The van der Waals surface area contributed by atoms with E-state index in [4.69, 9.17) is 27.9 Å². The standard InChI is InChI=1S/C10H10Cl2FNO/c11-7-3-6(4-8(12)10(7)13)9-5-14-1-2-15-9/h3-4,9,14H,1-2,5H2. The van der Waals surface area contributed by atoms with Crippen LogP contribution in [0.25, 0.3) is 0 Å². The third-order valence-electron chi connectivity index (χ3n) is 2.31. The molecule has 0 amide bonds. The zero-order valence-corrected chi connectivity index (χ0v) is 9.41. The molecule has 5 heteroatoms. The summed E-state index contributed by atoms with van der Waals surface area (Å²) in [6.07, 6.45) is -0.102. The van der Waals surface area contributed by atoms with Crippen LogP contribution in [0.1, 0.15) is 11.7 Å². The summed E-state index contributed by atoms with van der Waals surface area (Å²) in [5.74, 6) is -0.578. The highest BCUT2D eigenvalue weighted by Crippen LogP contribution is 2.29. The highest BCUT2D eigenvalue weighted by Gasteiger charge is 2.18. The van der Waals surface area contributed by atoms with Gasteiger partial charge in [0.25, 0.3) is 0 Å². The van der Waals surface area contributed by atoms with Crippen LogP contribution in [0.3, 0.4) is 0 Å². The monoisotopic (exact) mass is 249 g/mol. The van der Waals surface area contributed by atoms with Gasteiger partial charge in [-0.2, -0.15) is 0 Å². The van der Waals surface area contributed by atoms with E-state index in [9.17, 15) is 4.39 Å². The third kappa shape index (κ3) is 2.42. The predicted molar refractivity (Wildman–Crippen MR) is 58.0 cm³/mol. The molecule has 1 aliphatic rings. The van der Waals surface area contributed by atoms with E-state index < -0.39 is 5.82 Å². The summed E-state index contributed by atoms with van der Waals surface area (Å²) in [6.45, 7) is 2.16. The number of hydrogen-bond donors (Lipinski definition) is 1. The molecule has 1 atom stereocenters. The first-order chi connectivity index (χ1) is 7.18. The van der Waals surface area contributed by atoms with Gasteiger partial charge in [0.05, 0.1) is 22.8 Å². The third-order valence-corrected chi connectivity index (χ3v) is 2.86. The van der Waals surface area contributed by atoms with E-state index in [-0.39, 0.29) is 16.1 Å².